The maximum atomic E-state index is 12.0. The summed E-state index contributed by atoms with van der Waals surface area (Å²) in [6.45, 7) is 1.99. The monoisotopic (exact) mass is 232 g/mol. The number of nitrogens with zero attached hydrogens (tertiary/aromatic N) is 1. The zero-order chi connectivity index (χ0) is 12.5. The summed E-state index contributed by atoms with van der Waals surface area (Å²) in [6, 6.07) is 9.45. The van der Waals surface area contributed by atoms with E-state index in [1.807, 2.05) is 30.3 Å². The third-order valence-electron chi connectivity index (χ3n) is 3.08. The first-order valence-corrected chi connectivity index (χ1v) is 5.68. The van der Waals surface area contributed by atoms with Crippen molar-refractivity contribution in [3.05, 3.63) is 35.9 Å². The summed E-state index contributed by atoms with van der Waals surface area (Å²) < 4.78 is 0. The summed E-state index contributed by atoms with van der Waals surface area (Å²) in [5.74, 6) is -0.417. The van der Waals surface area contributed by atoms with Crippen molar-refractivity contribution in [2.75, 3.05) is 0 Å². The molecule has 0 aromatic heterocycles. The molecule has 2 N–H and O–H groups in total. The van der Waals surface area contributed by atoms with Crippen LogP contribution in [0, 0.1) is 0 Å². The van der Waals surface area contributed by atoms with Crippen molar-refractivity contribution in [1.29, 1.82) is 0 Å². The topological polar surface area (TPSA) is 63.4 Å². The van der Waals surface area contributed by atoms with Crippen molar-refractivity contribution in [3.8, 4) is 0 Å². The van der Waals surface area contributed by atoms with Crippen LogP contribution in [0.3, 0.4) is 0 Å². The maximum absolute atomic E-state index is 12.0. The van der Waals surface area contributed by atoms with Crippen LogP contribution in [0.25, 0.3) is 0 Å². The van der Waals surface area contributed by atoms with Crippen LogP contribution in [0.5, 0.6) is 0 Å². The fourth-order valence-electron chi connectivity index (χ4n) is 1.96. The highest BCUT2D eigenvalue weighted by molar-refractivity contribution is 6.02. The van der Waals surface area contributed by atoms with Crippen LogP contribution in [0.4, 0.5) is 0 Å². The van der Waals surface area contributed by atoms with E-state index in [1.54, 1.807) is 6.92 Å². The Morgan fingerprint density at radius 2 is 1.94 bits per heavy atom. The Hall–Kier alpha value is -1.68. The predicted molar refractivity (Wildman–Crippen MR) is 63.8 cm³/mol. The molecular weight excluding hydrogens is 216 g/mol. The lowest BCUT2D eigenvalue weighted by atomic mass is 9.90. The van der Waals surface area contributed by atoms with Gasteiger partial charge in [0.1, 0.15) is 0 Å². The van der Waals surface area contributed by atoms with E-state index in [9.17, 15) is 9.59 Å². The van der Waals surface area contributed by atoms with Gasteiger partial charge in [-0.1, -0.05) is 30.3 Å². The first kappa shape index (κ1) is 11.8. The van der Waals surface area contributed by atoms with E-state index in [-0.39, 0.29) is 11.8 Å². The number of hydrogen-bond acceptors (Lipinski definition) is 3. The van der Waals surface area contributed by atoms with Gasteiger partial charge in [0.05, 0.1) is 12.1 Å². The second kappa shape index (κ2) is 4.30. The highest BCUT2D eigenvalue weighted by atomic mass is 16.2. The van der Waals surface area contributed by atoms with Crippen molar-refractivity contribution in [3.63, 3.8) is 0 Å². The summed E-state index contributed by atoms with van der Waals surface area (Å²) in [5.41, 5.74) is 5.91. The normalized spacial score (nSPS) is 25.2. The van der Waals surface area contributed by atoms with Crippen LogP contribution in [-0.2, 0) is 16.1 Å². The van der Waals surface area contributed by atoms with Crippen molar-refractivity contribution in [1.82, 2.24) is 4.90 Å². The van der Waals surface area contributed by atoms with Gasteiger partial charge in [-0.05, 0) is 18.9 Å². The molecular formula is C13H16N2O2. The Kier molecular flexibility index (Phi) is 2.98. The number of imide groups is 1. The summed E-state index contributed by atoms with van der Waals surface area (Å²) >= 11 is 0. The number of hydrogen-bond donors (Lipinski definition) is 1. The third kappa shape index (κ3) is 2.36. The molecule has 0 bridgehead atoms. The number of likely N-dealkylation sites (tertiary alicyclic amines) is 1. The molecule has 0 saturated carbocycles. The molecule has 4 heteroatoms. The molecule has 1 saturated heterocycles. The highest BCUT2D eigenvalue weighted by Crippen LogP contribution is 2.22. The quantitative estimate of drug-likeness (QED) is 0.775. The number of piperidine rings is 1. The highest BCUT2D eigenvalue weighted by Gasteiger charge is 2.40. The third-order valence-corrected chi connectivity index (χ3v) is 3.08. The lowest BCUT2D eigenvalue weighted by Crippen LogP contribution is -2.58. The van der Waals surface area contributed by atoms with E-state index in [4.69, 9.17) is 5.73 Å². The van der Waals surface area contributed by atoms with Gasteiger partial charge < -0.3 is 5.73 Å². The largest absolute Gasteiger partial charge is 0.318 e. The fourth-order valence-corrected chi connectivity index (χ4v) is 1.96. The van der Waals surface area contributed by atoms with E-state index in [0.29, 0.717) is 19.4 Å². The van der Waals surface area contributed by atoms with Crippen LogP contribution in [0.2, 0.25) is 0 Å². The van der Waals surface area contributed by atoms with Crippen LogP contribution >= 0.6 is 0 Å². The zero-order valence-electron chi connectivity index (χ0n) is 9.85. The smallest absolute Gasteiger partial charge is 0.249 e. The number of carbonyl (C=O) groups excluding carboxylic acids is 2. The summed E-state index contributed by atoms with van der Waals surface area (Å²) in [4.78, 5) is 25.1. The zero-order valence-corrected chi connectivity index (χ0v) is 9.85. The number of nitrogens with two attached hydrogens (primary N) is 1. The van der Waals surface area contributed by atoms with Crippen LogP contribution < -0.4 is 5.73 Å². The molecule has 90 valence electrons. The molecule has 1 fully saturated rings. The molecule has 0 aliphatic carbocycles. The molecule has 1 aromatic carbocycles. The Morgan fingerprint density at radius 1 is 1.29 bits per heavy atom. The van der Waals surface area contributed by atoms with Gasteiger partial charge in [-0.15, -0.1) is 0 Å². The van der Waals surface area contributed by atoms with E-state index in [1.165, 1.54) is 4.90 Å². The standard InChI is InChI=1S/C13H16N2O2/c1-13(14)8-7-11(16)15(12(13)17)9-10-5-3-2-4-6-10/h2-6H,7-9,14H2,1H3/t13-/m1/s1. The van der Waals surface area contributed by atoms with Gasteiger partial charge in [0.2, 0.25) is 11.8 Å². The van der Waals surface area contributed by atoms with Crippen LogP contribution in [-0.4, -0.2) is 22.3 Å². The van der Waals surface area contributed by atoms with Crippen molar-refractivity contribution >= 4 is 11.8 Å². The second-order valence-electron chi connectivity index (χ2n) is 4.69. The van der Waals surface area contributed by atoms with Crippen molar-refractivity contribution < 1.29 is 9.59 Å². The van der Waals surface area contributed by atoms with E-state index in [2.05, 4.69) is 0 Å². The minimum absolute atomic E-state index is 0.137. The molecule has 17 heavy (non-hydrogen) atoms. The molecule has 0 unspecified atom stereocenters. The molecule has 1 aliphatic heterocycles. The van der Waals surface area contributed by atoms with Crippen molar-refractivity contribution in [2.45, 2.75) is 31.8 Å². The molecule has 4 nitrogen and oxygen atoms in total. The summed E-state index contributed by atoms with van der Waals surface area (Å²) in [6.07, 6.45) is 0.765. The summed E-state index contributed by atoms with van der Waals surface area (Å²) in [7, 11) is 0. The van der Waals surface area contributed by atoms with Gasteiger partial charge in [-0.25, -0.2) is 0 Å². The number of carbonyl (C=O) groups is 2. The predicted octanol–water partition coefficient (Wildman–Crippen LogP) is 1.05. The van der Waals surface area contributed by atoms with Gasteiger partial charge in [0.25, 0.3) is 0 Å². The second-order valence-corrected chi connectivity index (χ2v) is 4.69. The Balaban J connectivity index is 2.19. The molecule has 0 radical (unpaired) electrons. The lowest BCUT2D eigenvalue weighted by molar-refractivity contribution is -0.153. The Labute approximate surface area is 100 Å². The van der Waals surface area contributed by atoms with Crippen molar-refractivity contribution in [2.24, 2.45) is 5.73 Å². The SMILES string of the molecule is C[C@@]1(N)CCC(=O)N(Cc2ccccc2)C1=O. The maximum Gasteiger partial charge on any atom is 0.249 e. The molecule has 1 aromatic rings. The average Bonchev–Trinajstić information content (AvgIpc) is 2.32. The minimum Gasteiger partial charge on any atom is -0.318 e. The van der Waals surface area contributed by atoms with Gasteiger partial charge in [0.15, 0.2) is 0 Å². The van der Waals surface area contributed by atoms with E-state index < -0.39 is 5.54 Å². The first-order valence-electron chi connectivity index (χ1n) is 5.68. The van der Waals surface area contributed by atoms with Crippen LogP contribution in [0.1, 0.15) is 25.3 Å². The average molecular weight is 232 g/mol. The Morgan fingerprint density at radius 3 is 2.59 bits per heavy atom. The van der Waals surface area contributed by atoms with E-state index >= 15 is 0 Å². The number of benzene rings is 1. The molecule has 2 rings (SSSR count). The van der Waals surface area contributed by atoms with Gasteiger partial charge >= 0.3 is 0 Å². The molecule has 0 spiro atoms. The number of rotatable bonds is 2. The number of amides is 2. The minimum atomic E-state index is -0.914. The Bertz CT molecular complexity index is 440. The van der Waals surface area contributed by atoms with E-state index in [0.717, 1.165) is 5.56 Å². The summed E-state index contributed by atoms with van der Waals surface area (Å²) in [5, 5.41) is 0. The first-order chi connectivity index (χ1) is 8.00. The van der Waals surface area contributed by atoms with Gasteiger partial charge in [0, 0.05) is 6.42 Å². The van der Waals surface area contributed by atoms with Crippen LogP contribution in [0.15, 0.2) is 30.3 Å². The lowest BCUT2D eigenvalue weighted by Gasteiger charge is -2.35. The fraction of sp³-hybridized carbons (Fsp3) is 0.385. The molecule has 1 atom stereocenters. The molecule has 1 heterocycles. The molecule has 1 aliphatic rings. The van der Waals surface area contributed by atoms with Gasteiger partial charge in [-0.2, -0.15) is 0 Å². The molecule has 2 amide bonds. The van der Waals surface area contributed by atoms with Gasteiger partial charge in [-0.3, -0.25) is 14.5 Å².